The van der Waals surface area contributed by atoms with Gasteiger partial charge in [0.25, 0.3) is 5.91 Å². The average Bonchev–Trinajstić information content (AvgIpc) is 3.42. The van der Waals surface area contributed by atoms with Crippen LogP contribution in [0.2, 0.25) is 0 Å². The molecule has 1 aliphatic heterocycles. The Kier molecular flexibility index (Phi) is 7.73. The largest absolute Gasteiger partial charge is 0.497 e. The van der Waals surface area contributed by atoms with E-state index in [9.17, 15) is 4.79 Å². The van der Waals surface area contributed by atoms with Crippen molar-refractivity contribution in [3.05, 3.63) is 59.0 Å². The molecular weight excluding hydrogens is 490 g/mol. The van der Waals surface area contributed by atoms with Crippen LogP contribution in [0.25, 0.3) is 20.8 Å². The van der Waals surface area contributed by atoms with Crippen LogP contribution in [0.15, 0.2) is 48.5 Å². The van der Waals surface area contributed by atoms with Crippen LogP contribution in [0.3, 0.4) is 0 Å². The van der Waals surface area contributed by atoms with E-state index in [1.165, 1.54) is 10.4 Å². The summed E-state index contributed by atoms with van der Waals surface area (Å²) in [7, 11) is 1.60. The van der Waals surface area contributed by atoms with Crippen LogP contribution in [0.1, 0.15) is 17.4 Å². The van der Waals surface area contributed by atoms with Crippen molar-refractivity contribution in [2.24, 2.45) is 0 Å². The van der Waals surface area contributed by atoms with Crippen LogP contribution >= 0.6 is 35.1 Å². The minimum Gasteiger partial charge on any atom is -0.497 e. The number of rotatable bonds is 7. The monoisotopic (exact) mass is 515 g/mol. The summed E-state index contributed by atoms with van der Waals surface area (Å²) >= 11 is 3.33. The minimum absolute atomic E-state index is 0. The number of halogens is 1. The molecule has 3 heterocycles. The lowest BCUT2D eigenvalue weighted by molar-refractivity contribution is -0.118. The van der Waals surface area contributed by atoms with Crippen molar-refractivity contribution in [3.8, 4) is 22.1 Å². The van der Waals surface area contributed by atoms with Crippen LogP contribution in [0.4, 0.5) is 5.00 Å². The first-order chi connectivity index (χ1) is 16.1. The summed E-state index contributed by atoms with van der Waals surface area (Å²) in [4.78, 5) is 21.5. The number of methoxy groups -OCH3 is 1. The van der Waals surface area contributed by atoms with Crippen molar-refractivity contribution in [1.29, 1.82) is 0 Å². The topological polar surface area (TPSA) is 63.7 Å². The van der Waals surface area contributed by atoms with Crippen LogP contribution in [-0.4, -0.2) is 42.6 Å². The van der Waals surface area contributed by atoms with Gasteiger partial charge in [0, 0.05) is 29.6 Å². The van der Waals surface area contributed by atoms with Gasteiger partial charge in [0.15, 0.2) is 6.61 Å². The van der Waals surface area contributed by atoms with E-state index >= 15 is 0 Å². The van der Waals surface area contributed by atoms with E-state index in [0.717, 1.165) is 51.8 Å². The number of hydrogen-bond donors (Lipinski definition) is 1. The van der Waals surface area contributed by atoms with Crippen molar-refractivity contribution >= 4 is 56.2 Å². The van der Waals surface area contributed by atoms with Gasteiger partial charge in [0.2, 0.25) is 0 Å². The van der Waals surface area contributed by atoms with Gasteiger partial charge in [-0.3, -0.25) is 9.69 Å². The molecule has 1 amide bonds. The van der Waals surface area contributed by atoms with Gasteiger partial charge in [-0.25, -0.2) is 4.98 Å². The van der Waals surface area contributed by atoms with E-state index < -0.39 is 0 Å². The first-order valence-electron chi connectivity index (χ1n) is 10.9. The number of para-hydroxylation sites is 1. The summed E-state index contributed by atoms with van der Waals surface area (Å²) in [6, 6.07) is 15.4. The minimum atomic E-state index is -0.189. The zero-order valence-corrected chi connectivity index (χ0v) is 21.4. The molecule has 0 aliphatic carbocycles. The molecule has 4 aromatic rings. The Morgan fingerprint density at radius 3 is 2.76 bits per heavy atom. The Bertz CT molecular complexity index is 1270. The number of benzene rings is 2. The highest BCUT2D eigenvalue weighted by Crippen LogP contribution is 2.45. The Morgan fingerprint density at radius 2 is 1.97 bits per heavy atom. The number of fused-ring (bicyclic) bond motifs is 2. The van der Waals surface area contributed by atoms with Gasteiger partial charge in [-0.15, -0.1) is 35.1 Å². The highest BCUT2D eigenvalue weighted by Gasteiger charge is 2.27. The number of aromatic nitrogens is 1. The third kappa shape index (κ3) is 5.05. The predicted molar refractivity (Wildman–Crippen MR) is 142 cm³/mol. The van der Waals surface area contributed by atoms with Crippen molar-refractivity contribution < 1.29 is 14.3 Å². The maximum absolute atomic E-state index is 12.8. The zero-order chi connectivity index (χ0) is 22.8. The standard InChI is InChI=1S/C25H25N3O3S2.ClH/c1-3-28-12-11-18-21(14-28)33-25(23(18)24-26-19-9-4-5-10-20(19)32-24)27-22(29)15-31-17-8-6-7-16(13-17)30-2;/h4-10,13H,3,11-12,14-15H2,1-2H3,(H,27,29);1H. The van der Waals surface area contributed by atoms with Crippen LogP contribution in [-0.2, 0) is 17.8 Å². The Hall–Kier alpha value is -2.65. The number of nitrogens with one attached hydrogen (secondary N) is 1. The normalized spacial score (nSPS) is 13.2. The summed E-state index contributed by atoms with van der Waals surface area (Å²) in [5, 5.41) is 4.93. The van der Waals surface area contributed by atoms with Crippen molar-refractivity contribution in [2.75, 3.05) is 32.1 Å². The second-order valence-corrected chi connectivity index (χ2v) is 9.97. The third-order valence-corrected chi connectivity index (χ3v) is 7.94. The van der Waals surface area contributed by atoms with Gasteiger partial charge >= 0.3 is 0 Å². The summed E-state index contributed by atoms with van der Waals surface area (Å²) in [6.07, 6.45) is 0.959. The molecule has 0 atom stereocenters. The molecular formula is C25H26ClN3O3S2. The second-order valence-electron chi connectivity index (χ2n) is 7.83. The number of likely N-dealkylation sites (N-methyl/N-ethyl adjacent to an activating group) is 1. The van der Waals surface area contributed by atoms with Gasteiger partial charge in [0.1, 0.15) is 21.5 Å². The van der Waals surface area contributed by atoms with E-state index in [-0.39, 0.29) is 24.9 Å². The number of nitrogens with zero attached hydrogens (tertiary/aromatic N) is 2. The summed E-state index contributed by atoms with van der Waals surface area (Å²) in [5.74, 6) is 1.10. The molecule has 0 radical (unpaired) electrons. The zero-order valence-electron chi connectivity index (χ0n) is 19.0. The molecule has 0 saturated carbocycles. The van der Waals surface area contributed by atoms with Crippen LogP contribution in [0.5, 0.6) is 11.5 Å². The number of anilines is 1. The Morgan fingerprint density at radius 1 is 1.15 bits per heavy atom. The Balaban J connectivity index is 0.00000274. The SMILES string of the molecule is CCN1CCc2c(sc(NC(=O)COc3cccc(OC)c3)c2-c2nc3ccccc3s2)C1.Cl. The second kappa shape index (κ2) is 10.7. The summed E-state index contributed by atoms with van der Waals surface area (Å²) < 4.78 is 12.1. The fourth-order valence-corrected chi connectivity index (χ4v) is 6.44. The number of amides is 1. The van der Waals surface area contributed by atoms with Crippen LogP contribution < -0.4 is 14.8 Å². The lowest BCUT2D eigenvalue weighted by Crippen LogP contribution is -2.29. The predicted octanol–water partition coefficient (Wildman–Crippen LogP) is 5.85. The van der Waals surface area contributed by atoms with E-state index in [0.29, 0.717) is 11.5 Å². The van der Waals surface area contributed by atoms with Gasteiger partial charge in [-0.2, -0.15) is 0 Å². The average molecular weight is 516 g/mol. The molecule has 2 aromatic heterocycles. The number of thiophene rings is 1. The number of carbonyl (C=O) groups excluding carboxylic acids is 1. The molecule has 9 heteroatoms. The lowest BCUT2D eigenvalue weighted by Gasteiger charge is -2.25. The fraction of sp³-hybridized carbons (Fsp3) is 0.280. The number of ether oxygens (including phenoxy) is 2. The van der Waals surface area contributed by atoms with E-state index in [1.54, 1.807) is 35.8 Å². The lowest BCUT2D eigenvalue weighted by atomic mass is 10.0. The first kappa shape index (κ1) is 24.5. The molecule has 1 N–H and O–H groups in total. The molecule has 5 rings (SSSR count). The smallest absolute Gasteiger partial charge is 0.262 e. The van der Waals surface area contributed by atoms with Gasteiger partial charge in [-0.1, -0.05) is 25.1 Å². The van der Waals surface area contributed by atoms with E-state index in [1.807, 2.05) is 36.4 Å². The van der Waals surface area contributed by atoms with Gasteiger partial charge < -0.3 is 14.8 Å². The number of hydrogen-bond acceptors (Lipinski definition) is 7. The third-order valence-electron chi connectivity index (χ3n) is 5.75. The van der Waals surface area contributed by atoms with Crippen molar-refractivity contribution in [1.82, 2.24) is 9.88 Å². The molecule has 6 nitrogen and oxygen atoms in total. The molecule has 34 heavy (non-hydrogen) atoms. The number of carbonyl (C=O) groups is 1. The maximum Gasteiger partial charge on any atom is 0.262 e. The quantitative estimate of drug-likeness (QED) is 0.334. The summed E-state index contributed by atoms with van der Waals surface area (Å²) in [5.41, 5.74) is 3.37. The summed E-state index contributed by atoms with van der Waals surface area (Å²) in [6.45, 7) is 5.06. The van der Waals surface area contributed by atoms with Gasteiger partial charge in [-0.05, 0) is 42.8 Å². The molecule has 0 saturated heterocycles. The molecule has 0 bridgehead atoms. The Labute approximate surface area is 212 Å². The van der Waals surface area contributed by atoms with Crippen molar-refractivity contribution in [2.45, 2.75) is 19.9 Å². The molecule has 0 spiro atoms. The molecule has 2 aromatic carbocycles. The fourth-order valence-electron chi connectivity index (χ4n) is 4.02. The molecule has 1 aliphatic rings. The van der Waals surface area contributed by atoms with E-state index in [2.05, 4.69) is 23.2 Å². The van der Waals surface area contributed by atoms with Gasteiger partial charge in [0.05, 0.1) is 17.3 Å². The molecule has 0 fully saturated rings. The highest BCUT2D eigenvalue weighted by atomic mass is 35.5. The van der Waals surface area contributed by atoms with Crippen LogP contribution in [0, 0.1) is 0 Å². The number of thiazole rings is 1. The first-order valence-corrected chi connectivity index (χ1v) is 12.6. The molecule has 0 unspecified atom stereocenters. The van der Waals surface area contributed by atoms with Crippen molar-refractivity contribution in [3.63, 3.8) is 0 Å². The van der Waals surface area contributed by atoms with E-state index in [4.69, 9.17) is 14.5 Å². The molecule has 178 valence electrons. The highest BCUT2D eigenvalue weighted by molar-refractivity contribution is 7.22. The maximum atomic E-state index is 12.8.